The van der Waals surface area contributed by atoms with E-state index < -0.39 is 0 Å². The average molecular weight is 269 g/mol. The predicted octanol–water partition coefficient (Wildman–Crippen LogP) is 2.43. The summed E-state index contributed by atoms with van der Waals surface area (Å²) in [6, 6.07) is 0. The molecule has 0 bridgehead atoms. The molecule has 0 spiro atoms. The van der Waals surface area contributed by atoms with E-state index in [-0.39, 0.29) is 0 Å². The van der Waals surface area contributed by atoms with Crippen LogP contribution < -0.4 is 5.32 Å². The fourth-order valence-electron chi connectivity index (χ4n) is 3.00. The number of hydrogen-bond donors (Lipinski definition) is 1. The summed E-state index contributed by atoms with van der Waals surface area (Å²) in [7, 11) is 0. The Bertz CT molecular complexity index is 204. The summed E-state index contributed by atoms with van der Waals surface area (Å²) in [5.74, 6) is 0.987. The van der Waals surface area contributed by atoms with Crippen LogP contribution in [0.25, 0.3) is 0 Å². The summed E-state index contributed by atoms with van der Waals surface area (Å²) in [5, 5.41) is 3.59. The van der Waals surface area contributed by atoms with Gasteiger partial charge in [0.15, 0.2) is 0 Å². The lowest BCUT2D eigenvalue weighted by Crippen LogP contribution is -2.37. The van der Waals surface area contributed by atoms with Gasteiger partial charge in [0.2, 0.25) is 0 Å². The maximum absolute atomic E-state index is 3.59. The van der Waals surface area contributed by atoms with Crippen LogP contribution in [0.3, 0.4) is 0 Å². The fourth-order valence-corrected chi connectivity index (χ4v) is 3.00. The SMILES string of the molecule is CCC1CCCN(CCNCCN(CC)CC)CC1. The van der Waals surface area contributed by atoms with E-state index in [4.69, 9.17) is 0 Å². The first kappa shape index (κ1) is 16.9. The molecular weight excluding hydrogens is 234 g/mol. The molecular formula is C16H35N3. The number of likely N-dealkylation sites (N-methyl/N-ethyl adjacent to an activating group) is 1. The first-order chi connectivity index (χ1) is 9.30. The zero-order chi connectivity index (χ0) is 13.9. The summed E-state index contributed by atoms with van der Waals surface area (Å²) < 4.78 is 0. The molecule has 1 unspecified atom stereocenters. The van der Waals surface area contributed by atoms with Crippen molar-refractivity contribution in [2.75, 3.05) is 52.4 Å². The van der Waals surface area contributed by atoms with Gasteiger partial charge in [0.25, 0.3) is 0 Å². The highest BCUT2D eigenvalue weighted by molar-refractivity contribution is 4.70. The number of likely N-dealkylation sites (tertiary alicyclic amines) is 1. The van der Waals surface area contributed by atoms with E-state index in [1.165, 1.54) is 65.0 Å². The van der Waals surface area contributed by atoms with E-state index in [0.29, 0.717) is 0 Å². The molecule has 114 valence electrons. The normalized spacial score (nSPS) is 21.8. The van der Waals surface area contributed by atoms with Gasteiger partial charge >= 0.3 is 0 Å². The molecule has 1 atom stereocenters. The average Bonchev–Trinajstić information content (AvgIpc) is 2.68. The van der Waals surface area contributed by atoms with Crippen LogP contribution in [0.5, 0.6) is 0 Å². The first-order valence-electron chi connectivity index (χ1n) is 8.45. The van der Waals surface area contributed by atoms with Gasteiger partial charge in [0.1, 0.15) is 0 Å². The molecule has 1 aliphatic heterocycles. The van der Waals surface area contributed by atoms with Crippen molar-refractivity contribution >= 4 is 0 Å². The second-order valence-corrected chi connectivity index (χ2v) is 5.82. The number of nitrogens with one attached hydrogen (secondary N) is 1. The minimum atomic E-state index is 0.987. The lowest BCUT2D eigenvalue weighted by atomic mass is 9.98. The number of rotatable bonds is 9. The van der Waals surface area contributed by atoms with Gasteiger partial charge < -0.3 is 15.1 Å². The first-order valence-corrected chi connectivity index (χ1v) is 8.45. The van der Waals surface area contributed by atoms with Gasteiger partial charge in [-0.2, -0.15) is 0 Å². The van der Waals surface area contributed by atoms with Crippen LogP contribution in [0.1, 0.15) is 46.5 Å². The van der Waals surface area contributed by atoms with Crippen molar-refractivity contribution in [2.45, 2.75) is 46.5 Å². The largest absolute Gasteiger partial charge is 0.314 e. The van der Waals surface area contributed by atoms with Gasteiger partial charge in [-0.3, -0.25) is 0 Å². The third kappa shape index (κ3) is 7.28. The van der Waals surface area contributed by atoms with Gasteiger partial charge in [0.05, 0.1) is 0 Å². The van der Waals surface area contributed by atoms with Crippen molar-refractivity contribution in [2.24, 2.45) is 5.92 Å². The van der Waals surface area contributed by atoms with Crippen LogP contribution >= 0.6 is 0 Å². The predicted molar refractivity (Wildman–Crippen MR) is 84.7 cm³/mol. The van der Waals surface area contributed by atoms with Crippen molar-refractivity contribution < 1.29 is 0 Å². The lowest BCUT2D eigenvalue weighted by molar-refractivity contribution is 0.270. The molecule has 1 saturated heterocycles. The van der Waals surface area contributed by atoms with Crippen molar-refractivity contribution in [1.82, 2.24) is 15.1 Å². The van der Waals surface area contributed by atoms with Crippen LogP contribution in [0.2, 0.25) is 0 Å². The van der Waals surface area contributed by atoms with Crippen molar-refractivity contribution in [1.29, 1.82) is 0 Å². The molecule has 1 rings (SSSR count). The van der Waals surface area contributed by atoms with Crippen LogP contribution in [-0.4, -0.2) is 62.2 Å². The third-order valence-electron chi connectivity index (χ3n) is 4.62. The van der Waals surface area contributed by atoms with E-state index in [2.05, 4.69) is 35.9 Å². The molecule has 0 amide bonds. The summed E-state index contributed by atoms with van der Waals surface area (Å²) in [6.45, 7) is 16.5. The summed E-state index contributed by atoms with van der Waals surface area (Å²) >= 11 is 0. The van der Waals surface area contributed by atoms with Crippen LogP contribution in [0, 0.1) is 5.92 Å². The van der Waals surface area contributed by atoms with Crippen molar-refractivity contribution in [3.05, 3.63) is 0 Å². The van der Waals surface area contributed by atoms with Gasteiger partial charge in [-0.1, -0.05) is 27.2 Å². The minimum Gasteiger partial charge on any atom is -0.314 e. The molecule has 1 fully saturated rings. The molecule has 0 aromatic carbocycles. The highest BCUT2D eigenvalue weighted by Crippen LogP contribution is 2.19. The molecule has 1 aliphatic rings. The standard InChI is InChI=1S/C16H35N3/c1-4-16-8-7-12-19(13-9-16)15-11-17-10-14-18(5-2)6-3/h16-17H,4-15H2,1-3H3. The highest BCUT2D eigenvalue weighted by Gasteiger charge is 2.14. The van der Waals surface area contributed by atoms with Crippen molar-refractivity contribution in [3.8, 4) is 0 Å². The van der Waals surface area contributed by atoms with Crippen LogP contribution in [0.4, 0.5) is 0 Å². The monoisotopic (exact) mass is 269 g/mol. The second-order valence-electron chi connectivity index (χ2n) is 5.82. The third-order valence-corrected chi connectivity index (χ3v) is 4.62. The lowest BCUT2D eigenvalue weighted by Gasteiger charge is -2.21. The Morgan fingerprint density at radius 3 is 2.53 bits per heavy atom. The minimum absolute atomic E-state index is 0.987. The highest BCUT2D eigenvalue weighted by atomic mass is 15.2. The van der Waals surface area contributed by atoms with Gasteiger partial charge in [0, 0.05) is 26.2 Å². The second kappa shape index (κ2) is 10.6. The molecule has 0 saturated carbocycles. The Kier molecular flexibility index (Phi) is 9.48. The Balaban J connectivity index is 2.03. The molecule has 0 aromatic rings. The zero-order valence-corrected chi connectivity index (χ0v) is 13.5. The van der Waals surface area contributed by atoms with E-state index in [1.54, 1.807) is 0 Å². The molecule has 3 heteroatoms. The summed E-state index contributed by atoms with van der Waals surface area (Å²) in [6.07, 6.45) is 5.63. The molecule has 1 heterocycles. The summed E-state index contributed by atoms with van der Waals surface area (Å²) in [4.78, 5) is 5.13. The topological polar surface area (TPSA) is 18.5 Å². The van der Waals surface area contributed by atoms with E-state index >= 15 is 0 Å². The maximum atomic E-state index is 3.59. The van der Waals surface area contributed by atoms with E-state index in [0.717, 1.165) is 19.0 Å². The Hall–Kier alpha value is -0.120. The summed E-state index contributed by atoms with van der Waals surface area (Å²) in [5.41, 5.74) is 0. The fraction of sp³-hybridized carbons (Fsp3) is 1.00. The molecule has 0 radical (unpaired) electrons. The van der Waals surface area contributed by atoms with Crippen LogP contribution in [0.15, 0.2) is 0 Å². The molecule has 1 N–H and O–H groups in total. The smallest absolute Gasteiger partial charge is 0.0107 e. The Labute approximate surface area is 120 Å². The quantitative estimate of drug-likeness (QED) is 0.649. The molecule has 0 aliphatic carbocycles. The Morgan fingerprint density at radius 2 is 1.84 bits per heavy atom. The van der Waals surface area contributed by atoms with Crippen LogP contribution in [-0.2, 0) is 0 Å². The number of nitrogens with zero attached hydrogens (tertiary/aromatic N) is 2. The maximum Gasteiger partial charge on any atom is 0.0107 e. The molecule has 3 nitrogen and oxygen atoms in total. The van der Waals surface area contributed by atoms with E-state index in [9.17, 15) is 0 Å². The molecule has 0 aromatic heterocycles. The molecule has 19 heavy (non-hydrogen) atoms. The van der Waals surface area contributed by atoms with Crippen molar-refractivity contribution in [3.63, 3.8) is 0 Å². The van der Waals surface area contributed by atoms with Gasteiger partial charge in [-0.05, 0) is 51.4 Å². The zero-order valence-electron chi connectivity index (χ0n) is 13.5. The number of hydrogen-bond acceptors (Lipinski definition) is 3. The Morgan fingerprint density at radius 1 is 1.05 bits per heavy atom. The van der Waals surface area contributed by atoms with E-state index in [1.807, 2.05) is 0 Å². The van der Waals surface area contributed by atoms with Gasteiger partial charge in [-0.25, -0.2) is 0 Å². The van der Waals surface area contributed by atoms with Gasteiger partial charge in [-0.15, -0.1) is 0 Å².